The molecule has 2 aliphatic heterocycles. The highest BCUT2D eigenvalue weighted by molar-refractivity contribution is 5.89. The van der Waals surface area contributed by atoms with Crippen LogP contribution in [0.15, 0.2) is 18.2 Å². The molecule has 0 aromatic heterocycles. The molecule has 0 saturated carbocycles. The molecule has 0 unspecified atom stereocenters. The zero-order valence-electron chi connectivity index (χ0n) is 13.9. The molecule has 2 fully saturated rings. The number of methoxy groups -OCH3 is 1. The Balaban J connectivity index is 1.61. The molecule has 0 bridgehead atoms. The maximum Gasteiger partial charge on any atom is 0.321 e. The van der Waals surface area contributed by atoms with Gasteiger partial charge >= 0.3 is 6.03 Å². The van der Waals surface area contributed by atoms with Gasteiger partial charge in [0.15, 0.2) is 11.6 Å². The van der Waals surface area contributed by atoms with Crippen LogP contribution in [0.25, 0.3) is 0 Å². The van der Waals surface area contributed by atoms with Gasteiger partial charge in [0.1, 0.15) is 0 Å². The van der Waals surface area contributed by atoms with E-state index in [4.69, 9.17) is 4.74 Å². The van der Waals surface area contributed by atoms with Crippen LogP contribution in [-0.4, -0.2) is 66.4 Å². The smallest absolute Gasteiger partial charge is 0.321 e. The highest BCUT2D eigenvalue weighted by atomic mass is 19.1. The topological polar surface area (TPSA) is 65.0 Å². The Hall–Kier alpha value is -1.86. The van der Waals surface area contributed by atoms with Crippen LogP contribution >= 0.6 is 0 Å². The van der Waals surface area contributed by atoms with Crippen molar-refractivity contribution >= 4 is 11.7 Å². The van der Waals surface area contributed by atoms with Crippen LogP contribution in [0, 0.1) is 5.82 Å². The van der Waals surface area contributed by atoms with Crippen LogP contribution in [-0.2, 0) is 0 Å². The number of anilines is 1. The summed E-state index contributed by atoms with van der Waals surface area (Å²) in [7, 11) is 1.38. The Labute approximate surface area is 141 Å². The number of piperidine rings is 1. The fraction of sp³-hybridized carbons (Fsp3) is 0.588. The van der Waals surface area contributed by atoms with Crippen LogP contribution in [0.3, 0.4) is 0 Å². The van der Waals surface area contributed by atoms with Crippen molar-refractivity contribution in [2.24, 2.45) is 0 Å². The third-order valence-electron chi connectivity index (χ3n) is 4.81. The number of hydrogen-bond donors (Lipinski definition) is 2. The number of ether oxygens (including phenoxy) is 1. The van der Waals surface area contributed by atoms with E-state index in [1.54, 1.807) is 4.90 Å². The number of benzene rings is 1. The largest absolute Gasteiger partial charge is 0.494 e. The first-order valence-electron chi connectivity index (χ1n) is 8.40. The molecule has 2 heterocycles. The van der Waals surface area contributed by atoms with Crippen LogP contribution in [0.1, 0.15) is 19.3 Å². The minimum Gasteiger partial charge on any atom is -0.494 e. The Kier molecular flexibility index (Phi) is 5.20. The molecule has 1 aromatic rings. The molecule has 0 radical (unpaired) electrons. The number of nitrogens with one attached hydrogen (secondary N) is 1. The fourth-order valence-corrected chi connectivity index (χ4v) is 3.48. The molecule has 2 N–H and O–H groups in total. The second-order valence-corrected chi connectivity index (χ2v) is 6.42. The SMILES string of the molecule is COc1cc(NC(=O)N2C[C@H](O)[C@@H](N3CCCCC3)C2)ccc1F. The first kappa shape index (κ1) is 17.0. The molecule has 7 heteroatoms. The Bertz CT molecular complexity index is 592. The number of carbonyl (C=O) groups excluding carboxylic acids is 1. The number of hydrogen-bond acceptors (Lipinski definition) is 4. The van der Waals surface area contributed by atoms with E-state index >= 15 is 0 Å². The van der Waals surface area contributed by atoms with Gasteiger partial charge < -0.3 is 20.1 Å². The number of rotatable bonds is 3. The van der Waals surface area contributed by atoms with Gasteiger partial charge in [-0.05, 0) is 38.1 Å². The summed E-state index contributed by atoms with van der Waals surface area (Å²) < 4.78 is 18.3. The van der Waals surface area contributed by atoms with E-state index in [-0.39, 0.29) is 17.8 Å². The van der Waals surface area contributed by atoms with E-state index in [1.165, 1.54) is 31.7 Å². The molecule has 132 valence electrons. The van der Waals surface area contributed by atoms with E-state index in [0.717, 1.165) is 25.9 Å². The number of aliphatic hydroxyl groups excluding tert-OH is 1. The maximum absolute atomic E-state index is 13.4. The lowest BCUT2D eigenvalue weighted by Crippen LogP contribution is -2.46. The Morgan fingerprint density at radius 1 is 1.29 bits per heavy atom. The average Bonchev–Trinajstić information content (AvgIpc) is 2.99. The van der Waals surface area contributed by atoms with Crippen molar-refractivity contribution in [1.82, 2.24) is 9.80 Å². The van der Waals surface area contributed by atoms with Gasteiger partial charge in [-0.3, -0.25) is 4.90 Å². The van der Waals surface area contributed by atoms with Gasteiger partial charge in [0.05, 0.1) is 25.8 Å². The van der Waals surface area contributed by atoms with Crippen molar-refractivity contribution in [2.75, 3.05) is 38.6 Å². The third-order valence-corrected chi connectivity index (χ3v) is 4.81. The first-order valence-corrected chi connectivity index (χ1v) is 8.40. The summed E-state index contributed by atoms with van der Waals surface area (Å²) in [5.74, 6) is -0.391. The number of halogens is 1. The normalized spacial score (nSPS) is 24.9. The molecule has 2 atom stereocenters. The maximum atomic E-state index is 13.4. The molecule has 1 aromatic carbocycles. The lowest BCUT2D eigenvalue weighted by molar-refractivity contribution is 0.0706. The number of urea groups is 1. The van der Waals surface area contributed by atoms with E-state index in [0.29, 0.717) is 18.8 Å². The van der Waals surface area contributed by atoms with Crippen molar-refractivity contribution in [3.8, 4) is 5.75 Å². The highest BCUT2D eigenvalue weighted by Gasteiger charge is 2.37. The summed E-state index contributed by atoms with van der Waals surface area (Å²) in [5.41, 5.74) is 0.467. The molecular weight excluding hydrogens is 313 g/mol. The molecule has 2 saturated heterocycles. The van der Waals surface area contributed by atoms with Crippen molar-refractivity contribution in [1.29, 1.82) is 0 Å². The Morgan fingerprint density at radius 2 is 2.04 bits per heavy atom. The van der Waals surface area contributed by atoms with Gasteiger partial charge in [-0.1, -0.05) is 6.42 Å². The summed E-state index contributed by atoms with van der Waals surface area (Å²) in [5, 5.41) is 13.1. The molecular formula is C17H24FN3O3. The molecule has 6 nitrogen and oxygen atoms in total. The zero-order chi connectivity index (χ0) is 17.1. The van der Waals surface area contributed by atoms with Gasteiger partial charge in [-0.25, -0.2) is 9.18 Å². The van der Waals surface area contributed by atoms with E-state index in [1.807, 2.05) is 0 Å². The average molecular weight is 337 g/mol. The van der Waals surface area contributed by atoms with E-state index in [2.05, 4.69) is 10.2 Å². The van der Waals surface area contributed by atoms with Crippen molar-refractivity contribution in [2.45, 2.75) is 31.4 Å². The molecule has 0 spiro atoms. The quantitative estimate of drug-likeness (QED) is 0.884. The summed E-state index contributed by atoms with van der Waals surface area (Å²) in [6.45, 7) is 2.77. The number of β-amino-alcohol motifs (C(OH)–C–C–N with tert-alkyl or cyclic N) is 1. The number of carbonyl (C=O) groups is 1. The van der Waals surface area contributed by atoms with Crippen LogP contribution in [0.4, 0.5) is 14.9 Å². The van der Waals surface area contributed by atoms with Gasteiger partial charge in [0.25, 0.3) is 0 Å². The second kappa shape index (κ2) is 7.36. The highest BCUT2D eigenvalue weighted by Crippen LogP contribution is 2.24. The van der Waals surface area contributed by atoms with Crippen molar-refractivity contribution < 1.29 is 19.0 Å². The van der Waals surface area contributed by atoms with Crippen LogP contribution in [0.5, 0.6) is 5.75 Å². The van der Waals surface area contributed by atoms with Crippen molar-refractivity contribution in [3.05, 3.63) is 24.0 Å². The number of aliphatic hydroxyl groups is 1. The summed E-state index contributed by atoms with van der Waals surface area (Å²) in [6.07, 6.45) is 2.99. The van der Waals surface area contributed by atoms with Crippen molar-refractivity contribution in [3.63, 3.8) is 0 Å². The third kappa shape index (κ3) is 3.62. The summed E-state index contributed by atoms with van der Waals surface area (Å²) in [4.78, 5) is 16.3. The number of amides is 2. The minimum absolute atomic E-state index is 0.00111. The molecule has 2 amide bonds. The second-order valence-electron chi connectivity index (χ2n) is 6.42. The molecule has 24 heavy (non-hydrogen) atoms. The zero-order valence-corrected chi connectivity index (χ0v) is 13.9. The number of nitrogens with zero attached hydrogens (tertiary/aromatic N) is 2. The van der Waals surface area contributed by atoms with Gasteiger partial charge in [-0.2, -0.15) is 0 Å². The predicted molar refractivity (Wildman–Crippen MR) is 88.8 cm³/mol. The lowest BCUT2D eigenvalue weighted by Gasteiger charge is -2.33. The van der Waals surface area contributed by atoms with Crippen LogP contribution < -0.4 is 10.1 Å². The predicted octanol–water partition coefficient (Wildman–Crippen LogP) is 1.90. The molecule has 3 rings (SSSR count). The van der Waals surface area contributed by atoms with Gasteiger partial charge in [0.2, 0.25) is 0 Å². The Morgan fingerprint density at radius 3 is 2.75 bits per heavy atom. The lowest BCUT2D eigenvalue weighted by atomic mass is 10.1. The minimum atomic E-state index is -0.531. The number of likely N-dealkylation sites (tertiary alicyclic amines) is 2. The molecule has 0 aliphatic carbocycles. The monoisotopic (exact) mass is 337 g/mol. The van der Waals surface area contributed by atoms with Gasteiger partial charge in [0, 0.05) is 18.3 Å². The van der Waals surface area contributed by atoms with E-state index < -0.39 is 11.9 Å². The first-order chi connectivity index (χ1) is 11.6. The summed E-state index contributed by atoms with van der Waals surface area (Å²) in [6, 6.07) is 3.90. The van der Waals surface area contributed by atoms with E-state index in [9.17, 15) is 14.3 Å². The molecule has 2 aliphatic rings. The fourth-order valence-electron chi connectivity index (χ4n) is 3.48. The van der Waals surface area contributed by atoms with Crippen LogP contribution in [0.2, 0.25) is 0 Å². The van der Waals surface area contributed by atoms with Gasteiger partial charge in [-0.15, -0.1) is 0 Å². The summed E-state index contributed by atoms with van der Waals surface area (Å²) >= 11 is 0. The standard InChI is InChI=1S/C17H24FN3O3/c1-24-16-9-12(5-6-13(16)18)19-17(23)21-10-14(15(22)11-21)20-7-3-2-4-8-20/h5-6,9,14-15,22H,2-4,7-8,10-11H2,1H3,(H,19,23)/t14-,15-/m0/s1.